The standard InChI is InChI=1S/C75H124N14O12/c1-47(90)80-52(42-48-35-37-53(91)38-36-48)46-69(95)86-62-31-10-4-25-56(62)75(101)89-65-34-13-7-28-59(65)72(98)83-51(22-16-19-41-78)45-68(94)85-61-30-9-3-24-55(61)74(100)88-64-33-12-6-27-58(64)71(97)82-50(21-15-18-40-77)44-67(93)84-60-29-8-2-23-54(60)73(99)87-63-32-11-5-26-57(63)70(96)81-49(43-66(79)92)20-14-17-39-76/h35-38,49-52,54-65,91H,2-34,39-46,76-78H2,1H3,(H2,79,92)(H,80,90)(H,81,96)(H,82,97)(H,83,98)(H,84,93)(H,85,94)(H,86,95)(H,87,99)(H,88,100)(H,89,101)/t49-,50-,51-,52-,54-,55-,56-,57-,58-,59-,60-,61-,62-,63-,64-,65-/m0/s1. The summed E-state index contributed by atoms with van der Waals surface area (Å²) in [6.45, 7) is 2.78. The molecule has 0 spiro atoms. The van der Waals surface area contributed by atoms with E-state index in [0.717, 1.165) is 95.5 Å². The molecule has 6 saturated carbocycles. The number of phenolic OH excluding ortho intramolecular Hbond substituents is 1. The summed E-state index contributed by atoms with van der Waals surface area (Å²) < 4.78 is 0. The van der Waals surface area contributed by atoms with E-state index in [9.17, 15) is 57.8 Å². The van der Waals surface area contributed by atoms with Gasteiger partial charge in [-0.1, -0.05) is 108 Å². The zero-order chi connectivity index (χ0) is 72.6. The molecule has 0 aromatic heterocycles. The van der Waals surface area contributed by atoms with Crippen molar-refractivity contribution in [3.05, 3.63) is 29.8 Å². The Morgan fingerprint density at radius 1 is 0.356 bits per heavy atom. The lowest BCUT2D eigenvalue weighted by Gasteiger charge is -2.37. The van der Waals surface area contributed by atoms with Gasteiger partial charge in [-0.3, -0.25) is 52.7 Å². The topological polar surface area (TPSA) is 432 Å². The van der Waals surface area contributed by atoms with Gasteiger partial charge in [-0.25, -0.2) is 0 Å². The van der Waals surface area contributed by atoms with Crippen LogP contribution in [0.5, 0.6) is 5.75 Å². The van der Waals surface area contributed by atoms with Crippen molar-refractivity contribution in [2.24, 2.45) is 58.4 Å². The van der Waals surface area contributed by atoms with Crippen molar-refractivity contribution in [3.8, 4) is 5.75 Å². The number of phenols is 1. The highest BCUT2D eigenvalue weighted by Crippen LogP contribution is 2.33. The first-order valence-corrected chi connectivity index (χ1v) is 38.9. The first-order chi connectivity index (χ1) is 48.7. The number of rotatable bonds is 38. The van der Waals surface area contributed by atoms with Gasteiger partial charge in [0.1, 0.15) is 5.75 Å². The van der Waals surface area contributed by atoms with Crippen LogP contribution in [0.15, 0.2) is 24.3 Å². The summed E-state index contributed by atoms with van der Waals surface area (Å²) in [5.74, 6) is -6.09. The summed E-state index contributed by atoms with van der Waals surface area (Å²) in [6.07, 6.45) is 22.7. The molecule has 0 heterocycles. The number of carbonyl (C=O) groups is 11. The van der Waals surface area contributed by atoms with Crippen LogP contribution in [0.3, 0.4) is 0 Å². The molecule has 566 valence electrons. The molecule has 26 nitrogen and oxygen atoms in total. The number of nitrogens with two attached hydrogens (primary N) is 4. The van der Waals surface area contributed by atoms with Crippen LogP contribution in [0.1, 0.15) is 250 Å². The van der Waals surface area contributed by atoms with Gasteiger partial charge >= 0.3 is 0 Å². The number of hydrogen-bond acceptors (Lipinski definition) is 15. The first-order valence-electron chi connectivity index (χ1n) is 38.9. The van der Waals surface area contributed by atoms with Gasteiger partial charge in [0.2, 0.25) is 65.0 Å². The first kappa shape index (κ1) is 81.4. The van der Waals surface area contributed by atoms with E-state index >= 15 is 0 Å². The average molecular weight is 1410 g/mol. The molecule has 6 fully saturated rings. The van der Waals surface area contributed by atoms with Crippen molar-refractivity contribution < 1.29 is 57.8 Å². The van der Waals surface area contributed by atoms with E-state index in [1.54, 1.807) is 24.3 Å². The minimum Gasteiger partial charge on any atom is -0.508 e. The van der Waals surface area contributed by atoms with Crippen LogP contribution >= 0.6 is 0 Å². The third-order valence-electron chi connectivity index (χ3n) is 22.3. The predicted octanol–water partition coefficient (Wildman–Crippen LogP) is 4.38. The molecule has 16 atom stereocenters. The number of unbranched alkanes of at least 4 members (excludes halogenated alkanes) is 3. The van der Waals surface area contributed by atoms with Gasteiger partial charge in [0.05, 0.1) is 35.5 Å². The molecule has 0 aliphatic heterocycles. The minimum absolute atomic E-state index is 0.00320. The molecular formula is C75H124N14O12. The van der Waals surface area contributed by atoms with Gasteiger partial charge in [0.25, 0.3) is 0 Å². The molecule has 19 N–H and O–H groups in total. The highest BCUT2D eigenvalue weighted by atomic mass is 16.3. The summed E-state index contributed by atoms with van der Waals surface area (Å²) in [5.41, 5.74) is 23.9. The van der Waals surface area contributed by atoms with Crippen molar-refractivity contribution in [1.82, 2.24) is 53.2 Å². The molecule has 7 rings (SSSR count). The molecule has 1 aromatic carbocycles. The predicted molar refractivity (Wildman–Crippen MR) is 385 cm³/mol. The fraction of sp³-hybridized carbons (Fsp3) is 0.773. The van der Waals surface area contributed by atoms with E-state index in [2.05, 4.69) is 53.2 Å². The SMILES string of the molecule is CC(=O)N[C@H](CC(=O)N[C@H]1CCCC[C@@H]1C(=O)N[C@H]1CCCC[C@@H]1C(=O)N[C@@H](CCCCN)CC(=O)N[C@H]1CCCC[C@@H]1C(=O)N[C@H]1CCCC[C@@H]1C(=O)N[C@@H](CCCCN)CC(=O)N[C@H]1CCCC[C@@H]1C(=O)N[C@H]1CCCC[C@@H]1C(=O)N[C@@H](CCCCN)CC(N)=O)Cc1ccc(O)cc1. The van der Waals surface area contributed by atoms with Crippen LogP contribution in [-0.2, 0) is 59.2 Å². The number of aromatic hydroxyl groups is 1. The molecule has 11 amide bonds. The highest BCUT2D eigenvalue weighted by molar-refractivity contribution is 5.88. The van der Waals surface area contributed by atoms with Crippen LogP contribution in [0.2, 0.25) is 0 Å². The van der Waals surface area contributed by atoms with Crippen molar-refractivity contribution in [2.45, 2.75) is 311 Å². The van der Waals surface area contributed by atoms with Gasteiger partial charge in [-0.2, -0.15) is 0 Å². The lowest BCUT2D eigenvalue weighted by Crippen LogP contribution is -2.56. The van der Waals surface area contributed by atoms with Crippen molar-refractivity contribution >= 4 is 65.0 Å². The maximum atomic E-state index is 14.6. The van der Waals surface area contributed by atoms with Gasteiger partial charge in [0.15, 0.2) is 0 Å². The monoisotopic (exact) mass is 1410 g/mol. The summed E-state index contributed by atoms with van der Waals surface area (Å²) in [5, 5.41) is 41.3. The Hall–Kier alpha value is -6.93. The van der Waals surface area contributed by atoms with Crippen molar-refractivity contribution in [3.63, 3.8) is 0 Å². The molecule has 0 radical (unpaired) electrons. The lowest BCUT2D eigenvalue weighted by molar-refractivity contribution is -0.134. The Kier molecular flexibility index (Phi) is 34.8. The Labute approximate surface area is 598 Å². The number of amides is 11. The lowest BCUT2D eigenvalue weighted by atomic mass is 9.80. The second-order valence-corrected chi connectivity index (χ2v) is 30.2. The number of hydrogen-bond donors (Lipinski definition) is 15. The largest absolute Gasteiger partial charge is 0.508 e. The van der Waals surface area contributed by atoms with E-state index in [1.807, 2.05) is 0 Å². The van der Waals surface area contributed by atoms with Crippen molar-refractivity contribution in [1.29, 1.82) is 0 Å². The summed E-state index contributed by atoms with van der Waals surface area (Å²) in [7, 11) is 0. The molecule has 1 aromatic rings. The average Bonchev–Trinajstić information content (AvgIpc) is 0.848. The van der Waals surface area contributed by atoms with Crippen LogP contribution < -0.4 is 76.1 Å². The van der Waals surface area contributed by atoms with E-state index in [0.29, 0.717) is 148 Å². The molecule has 0 saturated heterocycles. The molecule has 26 heteroatoms. The van der Waals surface area contributed by atoms with Crippen LogP contribution in [0.4, 0.5) is 0 Å². The Morgan fingerprint density at radius 3 is 0.911 bits per heavy atom. The minimum atomic E-state index is -0.565. The zero-order valence-corrected chi connectivity index (χ0v) is 60.3. The molecule has 0 bridgehead atoms. The second kappa shape index (κ2) is 43.2. The van der Waals surface area contributed by atoms with Crippen molar-refractivity contribution in [2.75, 3.05) is 19.6 Å². The maximum absolute atomic E-state index is 14.6. The zero-order valence-electron chi connectivity index (χ0n) is 60.3. The number of carbonyl (C=O) groups excluding carboxylic acids is 11. The number of primary amides is 1. The molecule has 0 unspecified atom stereocenters. The van der Waals surface area contributed by atoms with E-state index in [1.165, 1.54) is 6.92 Å². The number of benzene rings is 1. The quantitative estimate of drug-likeness (QED) is 0.0409. The summed E-state index contributed by atoms with van der Waals surface area (Å²) >= 11 is 0. The Morgan fingerprint density at radius 2 is 0.624 bits per heavy atom. The third-order valence-corrected chi connectivity index (χ3v) is 22.3. The Bertz CT molecular complexity index is 2850. The third kappa shape index (κ3) is 27.3. The van der Waals surface area contributed by atoms with Crippen LogP contribution in [-0.4, -0.2) is 150 Å². The van der Waals surface area contributed by atoms with Gasteiger partial charge in [-0.05, 0) is 159 Å². The molecule has 101 heavy (non-hydrogen) atoms. The summed E-state index contributed by atoms with van der Waals surface area (Å²) in [4.78, 5) is 152. The maximum Gasteiger partial charge on any atom is 0.225 e. The highest BCUT2D eigenvalue weighted by Gasteiger charge is 2.42. The normalized spacial score (nSPS) is 26.5. The van der Waals surface area contributed by atoms with E-state index < -0.39 is 102 Å². The van der Waals surface area contributed by atoms with Crippen LogP contribution in [0, 0.1) is 35.5 Å². The fourth-order valence-electron chi connectivity index (χ4n) is 16.9. The van der Waals surface area contributed by atoms with Crippen LogP contribution in [0.25, 0.3) is 0 Å². The fourth-order valence-corrected chi connectivity index (χ4v) is 16.9. The molecule has 6 aliphatic carbocycles. The summed E-state index contributed by atoms with van der Waals surface area (Å²) in [6, 6.07) is 1.87. The van der Waals surface area contributed by atoms with Gasteiger partial charge in [-0.15, -0.1) is 0 Å². The smallest absolute Gasteiger partial charge is 0.225 e. The van der Waals surface area contributed by atoms with Gasteiger partial charge < -0.3 is 81.2 Å². The van der Waals surface area contributed by atoms with E-state index in [-0.39, 0.29) is 90.5 Å². The molecule has 6 aliphatic rings. The van der Waals surface area contributed by atoms with Gasteiger partial charge in [0, 0.05) is 93.0 Å². The Balaban J connectivity index is 0.916. The van der Waals surface area contributed by atoms with E-state index in [4.69, 9.17) is 22.9 Å². The molecular weight excluding hydrogens is 1290 g/mol. The second-order valence-electron chi connectivity index (χ2n) is 30.2. The number of nitrogens with one attached hydrogen (secondary N) is 10.